The van der Waals surface area contributed by atoms with Crippen molar-refractivity contribution >= 4 is 17.5 Å². The van der Waals surface area contributed by atoms with Crippen LogP contribution in [0.1, 0.15) is 18.9 Å². The average Bonchev–Trinajstić information content (AvgIpc) is 2.41. The van der Waals surface area contributed by atoms with E-state index in [1.165, 1.54) is 0 Å². The third-order valence-electron chi connectivity index (χ3n) is 3.18. The molecule has 1 aliphatic rings. The predicted octanol–water partition coefficient (Wildman–Crippen LogP) is 1.07. The Morgan fingerprint density at radius 1 is 1.42 bits per heavy atom. The van der Waals surface area contributed by atoms with Gasteiger partial charge in [-0.2, -0.15) is 0 Å². The number of hydrogen-bond donors (Lipinski definition) is 1. The minimum atomic E-state index is -0.431. The number of benzene rings is 1. The molecule has 1 fully saturated rings. The molecule has 0 saturated carbocycles. The van der Waals surface area contributed by atoms with Gasteiger partial charge in [-0.05, 0) is 24.1 Å². The fourth-order valence-electron chi connectivity index (χ4n) is 2.31. The van der Waals surface area contributed by atoms with E-state index in [-0.39, 0.29) is 18.4 Å². The molecule has 0 aromatic heterocycles. The number of rotatable bonds is 4. The number of hydrogen-bond acceptors (Lipinski definition) is 3. The number of carbonyl (C=O) groups is 2. The smallest absolute Gasteiger partial charge is 0.247 e. The topological polar surface area (TPSA) is 58.6 Å². The number of anilines is 1. The summed E-state index contributed by atoms with van der Waals surface area (Å²) < 4.78 is 5.09. The molecule has 5 nitrogen and oxygen atoms in total. The lowest BCUT2D eigenvalue weighted by atomic mass is 10.1. The van der Waals surface area contributed by atoms with Gasteiger partial charge < -0.3 is 10.1 Å². The van der Waals surface area contributed by atoms with Gasteiger partial charge in [0.2, 0.25) is 11.8 Å². The lowest BCUT2D eigenvalue weighted by Gasteiger charge is -2.34. The Hall–Kier alpha value is -1.88. The maximum Gasteiger partial charge on any atom is 0.247 e. The fourth-order valence-corrected chi connectivity index (χ4v) is 2.31. The molecule has 0 radical (unpaired) electrons. The molecular weight excluding hydrogens is 244 g/mol. The van der Waals surface area contributed by atoms with E-state index in [0.29, 0.717) is 13.0 Å². The lowest BCUT2D eigenvalue weighted by molar-refractivity contribution is -0.131. The van der Waals surface area contributed by atoms with Gasteiger partial charge in [0.15, 0.2) is 0 Å². The zero-order chi connectivity index (χ0) is 13.8. The molecule has 102 valence electrons. The van der Waals surface area contributed by atoms with Crippen molar-refractivity contribution in [2.24, 2.45) is 0 Å². The van der Waals surface area contributed by atoms with E-state index >= 15 is 0 Å². The van der Waals surface area contributed by atoms with Crippen LogP contribution in [0.2, 0.25) is 0 Å². The van der Waals surface area contributed by atoms with E-state index in [0.717, 1.165) is 11.3 Å². The van der Waals surface area contributed by atoms with Gasteiger partial charge >= 0.3 is 0 Å². The Kier molecular flexibility index (Phi) is 4.16. The van der Waals surface area contributed by atoms with Crippen LogP contribution in [0.3, 0.4) is 0 Å². The predicted molar refractivity (Wildman–Crippen MR) is 71.7 cm³/mol. The SMILES string of the molecule is CCC1C(=O)NCC(=O)N1c1cccc(COC)c1. The first kappa shape index (κ1) is 13.5. The largest absolute Gasteiger partial charge is 0.380 e. The van der Waals surface area contributed by atoms with Crippen LogP contribution in [0.5, 0.6) is 0 Å². The van der Waals surface area contributed by atoms with Crippen molar-refractivity contribution in [3.8, 4) is 0 Å². The van der Waals surface area contributed by atoms with Crippen LogP contribution in [0.25, 0.3) is 0 Å². The van der Waals surface area contributed by atoms with E-state index in [9.17, 15) is 9.59 Å². The molecule has 0 aliphatic carbocycles. The summed E-state index contributed by atoms with van der Waals surface area (Å²) in [6, 6.07) is 7.11. The van der Waals surface area contributed by atoms with E-state index in [1.807, 2.05) is 31.2 Å². The van der Waals surface area contributed by atoms with Crippen molar-refractivity contribution in [2.45, 2.75) is 26.0 Å². The molecule has 0 spiro atoms. The summed E-state index contributed by atoms with van der Waals surface area (Å²) in [6.07, 6.45) is 0.589. The van der Waals surface area contributed by atoms with Gasteiger partial charge in [0, 0.05) is 12.8 Å². The van der Waals surface area contributed by atoms with Crippen LogP contribution in [0.15, 0.2) is 24.3 Å². The van der Waals surface area contributed by atoms with Crippen molar-refractivity contribution in [3.63, 3.8) is 0 Å². The standard InChI is InChI=1S/C14H18N2O3/c1-3-12-14(18)15-8-13(17)16(12)11-6-4-5-10(7-11)9-19-2/h4-7,12H,3,8-9H2,1-2H3,(H,15,18). The maximum atomic E-state index is 12.1. The Bertz CT molecular complexity index is 487. The van der Waals surface area contributed by atoms with Gasteiger partial charge in [-0.1, -0.05) is 19.1 Å². The van der Waals surface area contributed by atoms with E-state index in [4.69, 9.17) is 4.74 Å². The van der Waals surface area contributed by atoms with Crippen LogP contribution in [0.4, 0.5) is 5.69 Å². The van der Waals surface area contributed by atoms with Crippen molar-refractivity contribution in [3.05, 3.63) is 29.8 Å². The number of piperazine rings is 1. The Morgan fingerprint density at radius 3 is 2.89 bits per heavy atom. The number of nitrogens with one attached hydrogen (secondary N) is 1. The molecule has 1 atom stereocenters. The van der Waals surface area contributed by atoms with E-state index < -0.39 is 6.04 Å². The zero-order valence-corrected chi connectivity index (χ0v) is 11.2. The lowest BCUT2D eigenvalue weighted by Crippen LogP contribution is -2.58. The number of amides is 2. The first-order valence-electron chi connectivity index (χ1n) is 6.35. The first-order valence-corrected chi connectivity index (χ1v) is 6.35. The molecule has 1 aliphatic heterocycles. The number of methoxy groups -OCH3 is 1. The summed E-state index contributed by atoms with van der Waals surface area (Å²) in [5.74, 6) is -0.180. The highest BCUT2D eigenvalue weighted by molar-refractivity contribution is 6.06. The van der Waals surface area contributed by atoms with E-state index in [1.54, 1.807) is 12.0 Å². The van der Waals surface area contributed by atoms with Gasteiger partial charge in [-0.3, -0.25) is 14.5 Å². The minimum Gasteiger partial charge on any atom is -0.380 e. The van der Waals surface area contributed by atoms with Crippen LogP contribution < -0.4 is 10.2 Å². The van der Waals surface area contributed by atoms with Crippen molar-refractivity contribution < 1.29 is 14.3 Å². The van der Waals surface area contributed by atoms with E-state index in [2.05, 4.69) is 5.32 Å². The molecule has 1 heterocycles. The normalized spacial score (nSPS) is 19.5. The van der Waals surface area contributed by atoms with Crippen LogP contribution in [0, 0.1) is 0 Å². The Labute approximate surface area is 112 Å². The quantitative estimate of drug-likeness (QED) is 0.883. The summed E-state index contributed by atoms with van der Waals surface area (Å²) in [5, 5.41) is 2.62. The molecule has 1 aromatic carbocycles. The van der Waals surface area contributed by atoms with Gasteiger partial charge in [-0.25, -0.2) is 0 Å². The zero-order valence-electron chi connectivity index (χ0n) is 11.2. The van der Waals surface area contributed by atoms with Crippen molar-refractivity contribution in [1.29, 1.82) is 0 Å². The van der Waals surface area contributed by atoms with Crippen LogP contribution in [-0.2, 0) is 20.9 Å². The third kappa shape index (κ3) is 2.76. The fraction of sp³-hybridized carbons (Fsp3) is 0.429. The molecule has 5 heteroatoms. The minimum absolute atomic E-state index is 0.0594. The summed E-state index contributed by atoms with van der Waals surface area (Å²) in [5.41, 5.74) is 1.73. The highest BCUT2D eigenvalue weighted by atomic mass is 16.5. The number of nitrogens with zero attached hydrogens (tertiary/aromatic N) is 1. The third-order valence-corrected chi connectivity index (χ3v) is 3.18. The number of carbonyl (C=O) groups excluding carboxylic acids is 2. The molecule has 1 aromatic rings. The highest BCUT2D eigenvalue weighted by Crippen LogP contribution is 2.22. The van der Waals surface area contributed by atoms with Gasteiger partial charge in [-0.15, -0.1) is 0 Å². The molecule has 1 saturated heterocycles. The second-order valence-corrected chi connectivity index (χ2v) is 4.51. The highest BCUT2D eigenvalue weighted by Gasteiger charge is 2.34. The molecule has 0 bridgehead atoms. The summed E-state index contributed by atoms with van der Waals surface area (Å²) in [4.78, 5) is 25.5. The molecule has 2 amide bonds. The first-order chi connectivity index (χ1) is 9.17. The summed E-state index contributed by atoms with van der Waals surface area (Å²) in [7, 11) is 1.63. The van der Waals surface area contributed by atoms with Crippen molar-refractivity contribution in [1.82, 2.24) is 5.32 Å². The summed E-state index contributed by atoms with van der Waals surface area (Å²) >= 11 is 0. The van der Waals surface area contributed by atoms with Crippen LogP contribution >= 0.6 is 0 Å². The van der Waals surface area contributed by atoms with Gasteiger partial charge in [0.1, 0.15) is 6.04 Å². The average molecular weight is 262 g/mol. The second kappa shape index (κ2) is 5.84. The summed E-state index contributed by atoms with van der Waals surface area (Å²) in [6.45, 7) is 2.44. The molecule has 2 rings (SSSR count). The van der Waals surface area contributed by atoms with Gasteiger partial charge in [0.05, 0.1) is 13.2 Å². The second-order valence-electron chi connectivity index (χ2n) is 4.51. The maximum absolute atomic E-state index is 12.1. The van der Waals surface area contributed by atoms with Crippen LogP contribution in [-0.4, -0.2) is 31.5 Å². The van der Waals surface area contributed by atoms with Crippen molar-refractivity contribution in [2.75, 3.05) is 18.6 Å². The van der Waals surface area contributed by atoms with Gasteiger partial charge in [0.25, 0.3) is 0 Å². The number of ether oxygens (including phenoxy) is 1. The molecule has 1 unspecified atom stereocenters. The molecule has 19 heavy (non-hydrogen) atoms. The Morgan fingerprint density at radius 2 is 2.21 bits per heavy atom. The molecular formula is C14H18N2O3. The monoisotopic (exact) mass is 262 g/mol. The Balaban J connectivity index is 2.33. The molecule has 1 N–H and O–H groups in total.